The zero-order valence-corrected chi connectivity index (χ0v) is 11.9. The van der Waals surface area contributed by atoms with Gasteiger partial charge in [0.05, 0.1) is 11.6 Å². The van der Waals surface area contributed by atoms with Gasteiger partial charge in [0.15, 0.2) is 0 Å². The van der Waals surface area contributed by atoms with Crippen molar-refractivity contribution < 1.29 is 13.9 Å². The van der Waals surface area contributed by atoms with Crippen molar-refractivity contribution in [2.45, 2.75) is 32.3 Å². The fourth-order valence-electron chi connectivity index (χ4n) is 2.27. The van der Waals surface area contributed by atoms with Crippen molar-refractivity contribution in [1.29, 1.82) is 0 Å². The molecular weight excluding hydrogens is 271 g/mol. The van der Waals surface area contributed by atoms with Gasteiger partial charge in [0, 0.05) is 18.9 Å². The average Bonchev–Trinajstić information content (AvgIpc) is 3.23. The van der Waals surface area contributed by atoms with Gasteiger partial charge >= 0.3 is 0 Å². The minimum absolute atomic E-state index is 0.0911. The standard InChI is InChI=1S/C16H17FN2O2/c1-10(20)18-7-6-11-8-16(17)19-15-5-4-13(9-14(11)15)21-12-2-3-12/h4-5,8-9,12H,2-3,6-7H2,1H3,(H,18,20). The van der Waals surface area contributed by atoms with E-state index in [1.807, 2.05) is 12.1 Å². The monoisotopic (exact) mass is 288 g/mol. The lowest BCUT2D eigenvalue weighted by Crippen LogP contribution is -2.22. The first-order valence-electron chi connectivity index (χ1n) is 7.12. The van der Waals surface area contributed by atoms with Crippen molar-refractivity contribution in [2.75, 3.05) is 6.54 Å². The molecule has 1 aliphatic carbocycles. The molecule has 1 aromatic heterocycles. The molecule has 1 saturated carbocycles. The van der Waals surface area contributed by atoms with Gasteiger partial charge in [-0.1, -0.05) is 0 Å². The highest BCUT2D eigenvalue weighted by Gasteiger charge is 2.23. The molecule has 4 nitrogen and oxygen atoms in total. The van der Waals surface area contributed by atoms with E-state index in [1.165, 1.54) is 13.0 Å². The van der Waals surface area contributed by atoms with Gasteiger partial charge in [0.1, 0.15) is 5.75 Å². The van der Waals surface area contributed by atoms with Gasteiger partial charge in [-0.05, 0) is 49.1 Å². The quantitative estimate of drug-likeness (QED) is 0.860. The van der Waals surface area contributed by atoms with Crippen molar-refractivity contribution in [1.82, 2.24) is 10.3 Å². The summed E-state index contributed by atoms with van der Waals surface area (Å²) >= 11 is 0. The highest BCUT2D eigenvalue weighted by Crippen LogP contribution is 2.29. The summed E-state index contributed by atoms with van der Waals surface area (Å²) in [5.74, 6) is 0.196. The summed E-state index contributed by atoms with van der Waals surface area (Å²) in [5, 5.41) is 3.60. The third kappa shape index (κ3) is 3.48. The van der Waals surface area contributed by atoms with E-state index in [4.69, 9.17) is 4.74 Å². The van der Waals surface area contributed by atoms with Crippen LogP contribution in [0.4, 0.5) is 4.39 Å². The van der Waals surface area contributed by atoms with Gasteiger partial charge in [-0.3, -0.25) is 4.79 Å². The normalized spacial score (nSPS) is 14.2. The molecule has 0 radical (unpaired) electrons. The Morgan fingerprint density at radius 3 is 2.95 bits per heavy atom. The fourth-order valence-corrected chi connectivity index (χ4v) is 2.27. The summed E-state index contributed by atoms with van der Waals surface area (Å²) < 4.78 is 19.3. The Balaban J connectivity index is 1.89. The van der Waals surface area contributed by atoms with Gasteiger partial charge in [-0.2, -0.15) is 4.39 Å². The van der Waals surface area contributed by atoms with Gasteiger partial charge < -0.3 is 10.1 Å². The molecule has 3 rings (SSSR count). The molecule has 21 heavy (non-hydrogen) atoms. The number of amides is 1. The zero-order chi connectivity index (χ0) is 14.8. The largest absolute Gasteiger partial charge is 0.490 e. The van der Waals surface area contributed by atoms with Crippen LogP contribution < -0.4 is 10.1 Å². The second kappa shape index (κ2) is 5.68. The summed E-state index contributed by atoms with van der Waals surface area (Å²) in [6, 6.07) is 6.93. The molecule has 1 aromatic carbocycles. The molecule has 0 saturated heterocycles. The predicted octanol–water partition coefficient (Wildman–Crippen LogP) is 2.59. The number of rotatable bonds is 5. The molecule has 5 heteroatoms. The Morgan fingerprint density at radius 1 is 1.43 bits per heavy atom. The predicted molar refractivity (Wildman–Crippen MR) is 77.7 cm³/mol. The lowest BCUT2D eigenvalue weighted by atomic mass is 10.1. The Hall–Kier alpha value is -2.17. The first kappa shape index (κ1) is 13.8. The van der Waals surface area contributed by atoms with Crippen molar-refractivity contribution in [2.24, 2.45) is 0 Å². The van der Waals surface area contributed by atoms with Crippen molar-refractivity contribution in [3.8, 4) is 5.75 Å². The number of pyridine rings is 1. The van der Waals surface area contributed by atoms with E-state index in [0.717, 1.165) is 29.5 Å². The van der Waals surface area contributed by atoms with Crippen LogP contribution in [-0.4, -0.2) is 23.5 Å². The molecule has 0 atom stereocenters. The highest BCUT2D eigenvalue weighted by atomic mass is 19.1. The van der Waals surface area contributed by atoms with E-state index >= 15 is 0 Å². The minimum Gasteiger partial charge on any atom is -0.490 e. The number of carbonyl (C=O) groups excluding carboxylic acids is 1. The third-order valence-corrected chi connectivity index (χ3v) is 3.43. The Kier molecular flexibility index (Phi) is 3.73. The molecule has 1 heterocycles. The lowest BCUT2D eigenvalue weighted by Gasteiger charge is -2.10. The molecule has 1 N–H and O–H groups in total. The summed E-state index contributed by atoms with van der Waals surface area (Å²) in [5.41, 5.74) is 1.43. The number of nitrogens with zero attached hydrogens (tertiary/aromatic N) is 1. The summed E-state index contributed by atoms with van der Waals surface area (Å²) in [7, 11) is 0. The molecule has 0 unspecified atom stereocenters. The summed E-state index contributed by atoms with van der Waals surface area (Å²) in [6.07, 6.45) is 3.06. The molecule has 0 aliphatic heterocycles. The van der Waals surface area contributed by atoms with E-state index in [2.05, 4.69) is 10.3 Å². The van der Waals surface area contributed by atoms with Crippen LogP contribution in [-0.2, 0) is 11.2 Å². The first-order valence-corrected chi connectivity index (χ1v) is 7.12. The maximum Gasteiger partial charge on any atom is 0.216 e. The van der Waals surface area contributed by atoms with Crippen LogP contribution in [0.3, 0.4) is 0 Å². The van der Waals surface area contributed by atoms with Crippen LogP contribution in [0.15, 0.2) is 24.3 Å². The topological polar surface area (TPSA) is 51.2 Å². The Bertz CT molecular complexity index is 683. The summed E-state index contributed by atoms with van der Waals surface area (Å²) in [4.78, 5) is 14.8. The highest BCUT2D eigenvalue weighted by molar-refractivity contribution is 5.83. The molecule has 110 valence electrons. The number of hydrogen-bond donors (Lipinski definition) is 1. The van der Waals surface area contributed by atoms with Gasteiger partial charge in [-0.25, -0.2) is 4.98 Å². The van der Waals surface area contributed by atoms with Crippen LogP contribution in [0, 0.1) is 5.95 Å². The first-order chi connectivity index (χ1) is 10.1. The number of aromatic nitrogens is 1. The number of fused-ring (bicyclic) bond motifs is 1. The summed E-state index contributed by atoms with van der Waals surface area (Å²) in [6.45, 7) is 1.94. The number of halogens is 1. The fraction of sp³-hybridized carbons (Fsp3) is 0.375. The molecule has 0 bridgehead atoms. The van der Waals surface area contributed by atoms with Crippen molar-refractivity contribution in [3.63, 3.8) is 0 Å². The molecular formula is C16H17FN2O2. The van der Waals surface area contributed by atoms with E-state index in [1.54, 1.807) is 6.07 Å². The van der Waals surface area contributed by atoms with Gasteiger partial charge in [0.2, 0.25) is 11.9 Å². The number of hydrogen-bond acceptors (Lipinski definition) is 3. The molecule has 2 aromatic rings. The van der Waals surface area contributed by atoms with E-state index in [0.29, 0.717) is 24.6 Å². The maximum absolute atomic E-state index is 13.6. The molecule has 1 aliphatic rings. The minimum atomic E-state index is -0.504. The number of nitrogens with one attached hydrogen (secondary N) is 1. The van der Waals surface area contributed by atoms with Crippen LogP contribution in [0.2, 0.25) is 0 Å². The Labute approximate surface area is 122 Å². The van der Waals surface area contributed by atoms with Gasteiger partial charge in [-0.15, -0.1) is 0 Å². The van der Waals surface area contributed by atoms with Gasteiger partial charge in [0.25, 0.3) is 0 Å². The Morgan fingerprint density at radius 2 is 2.24 bits per heavy atom. The number of benzene rings is 1. The zero-order valence-electron chi connectivity index (χ0n) is 11.9. The van der Waals surface area contributed by atoms with Crippen LogP contribution in [0.1, 0.15) is 25.3 Å². The maximum atomic E-state index is 13.6. The molecule has 1 amide bonds. The smallest absolute Gasteiger partial charge is 0.216 e. The SMILES string of the molecule is CC(=O)NCCc1cc(F)nc2ccc(OC3CC3)cc12. The van der Waals surface area contributed by atoms with Crippen LogP contribution in [0.5, 0.6) is 5.75 Å². The van der Waals surface area contributed by atoms with Crippen molar-refractivity contribution in [3.05, 3.63) is 35.8 Å². The molecule has 0 spiro atoms. The second-order valence-corrected chi connectivity index (χ2v) is 5.33. The lowest BCUT2D eigenvalue weighted by molar-refractivity contribution is -0.118. The van der Waals surface area contributed by atoms with E-state index < -0.39 is 5.95 Å². The van der Waals surface area contributed by atoms with Crippen LogP contribution in [0.25, 0.3) is 10.9 Å². The average molecular weight is 288 g/mol. The van der Waals surface area contributed by atoms with Crippen molar-refractivity contribution >= 4 is 16.8 Å². The van der Waals surface area contributed by atoms with Crippen LogP contribution >= 0.6 is 0 Å². The number of ether oxygens (including phenoxy) is 1. The third-order valence-electron chi connectivity index (χ3n) is 3.43. The van der Waals surface area contributed by atoms with E-state index in [-0.39, 0.29) is 5.91 Å². The number of carbonyl (C=O) groups is 1. The van der Waals surface area contributed by atoms with E-state index in [9.17, 15) is 9.18 Å². The second-order valence-electron chi connectivity index (χ2n) is 5.33. The molecule has 1 fully saturated rings.